The molecule has 1 aromatic carbocycles. The summed E-state index contributed by atoms with van der Waals surface area (Å²) in [6.07, 6.45) is 3.30. The second kappa shape index (κ2) is 6.53. The highest BCUT2D eigenvalue weighted by molar-refractivity contribution is 7.12. The molecule has 26 heavy (non-hydrogen) atoms. The highest BCUT2D eigenvalue weighted by atomic mass is 32.1. The molecule has 1 fully saturated rings. The second-order valence-electron chi connectivity index (χ2n) is 6.58. The number of hydrogen-bond donors (Lipinski definition) is 0. The molecular weight excluding hydrogens is 350 g/mol. The molecule has 6 heteroatoms. The largest absolute Gasteiger partial charge is 0.422 e. The van der Waals surface area contributed by atoms with Gasteiger partial charge in [-0.15, -0.1) is 11.3 Å². The van der Waals surface area contributed by atoms with Crippen molar-refractivity contribution in [1.82, 2.24) is 0 Å². The third kappa shape index (κ3) is 2.86. The van der Waals surface area contributed by atoms with Gasteiger partial charge in [-0.05, 0) is 55.5 Å². The number of thiophene rings is 1. The normalized spacial score (nSPS) is 22.2. The van der Waals surface area contributed by atoms with E-state index in [1.54, 1.807) is 41.8 Å². The Kier molecular flexibility index (Phi) is 4.20. The predicted molar refractivity (Wildman–Crippen MR) is 98.2 cm³/mol. The van der Waals surface area contributed by atoms with Gasteiger partial charge in [0.1, 0.15) is 10.6 Å². The van der Waals surface area contributed by atoms with Crippen molar-refractivity contribution in [3.8, 4) is 5.75 Å². The van der Waals surface area contributed by atoms with E-state index < -0.39 is 5.97 Å². The number of allylic oxidation sites excluding steroid dienone is 2. The average Bonchev–Trinajstić information content (AvgIpc) is 3.24. The molecular formula is C20H17NO4S. The molecule has 4 rings (SSSR count). The maximum Gasteiger partial charge on any atom is 0.353 e. The SMILES string of the molecule is CC1=CC[C@@H]2C(=O)N(c3ccc(OC(=O)c4cccs4)cc3)C(=O)[C@H]2C1. The lowest BCUT2D eigenvalue weighted by Gasteiger charge is -2.18. The number of amides is 2. The van der Waals surface area contributed by atoms with Gasteiger partial charge < -0.3 is 4.74 Å². The fourth-order valence-electron chi connectivity index (χ4n) is 3.51. The number of benzene rings is 1. The van der Waals surface area contributed by atoms with E-state index in [0.29, 0.717) is 29.2 Å². The van der Waals surface area contributed by atoms with E-state index in [1.807, 2.05) is 13.0 Å². The predicted octanol–water partition coefficient (Wildman–Crippen LogP) is 3.81. The summed E-state index contributed by atoms with van der Waals surface area (Å²) in [6.45, 7) is 1.99. The van der Waals surface area contributed by atoms with Gasteiger partial charge in [-0.3, -0.25) is 14.5 Å². The van der Waals surface area contributed by atoms with Crippen molar-refractivity contribution in [1.29, 1.82) is 0 Å². The molecule has 0 unspecified atom stereocenters. The molecule has 132 valence electrons. The van der Waals surface area contributed by atoms with E-state index in [1.165, 1.54) is 16.2 Å². The van der Waals surface area contributed by atoms with E-state index in [2.05, 4.69) is 0 Å². The minimum atomic E-state index is -0.423. The molecule has 0 radical (unpaired) electrons. The van der Waals surface area contributed by atoms with Crippen molar-refractivity contribution in [2.45, 2.75) is 19.8 Å². The molecule has 1 saturated heterocycles. The number of fused-ring (bicyclic) bond motifs is 1. The minimum absolute atomic E-state index is 0.143. The van der Waals surface area contributed by atoms with E-state index in [0.717, 1.165) is 5.57 Å². The maximum atomic E-state index is 12.7. The summed E-state index contributed by atoms with van der Waals surface area (Å²) < 4.78 is 5.31. The minimum Gasteiger partial charge on any atom is -0.422 e. The number of esters is 1. The number of nitrogens with zero attached hydrogens (tertiary/aromatic N) is 1. The summed E-state index contributed by atoms with van der Waals surface area (Å²) >= 11 is 1.31. The fraction of sp³-hybridized carbons (Fsp3) is 0.250. The quantitative estimate of drug-likeness (QED) is 0.358. The summed E-state index contributed by atoms with van der Waals surface area (Å²) in [5.41, 5.74) is 1.67. The van der Waals surface area contributed by atoms with Gasteiger partial charge >= 0.3 is 5.97 Å². The highest BCUT2D eigenvalue weighted by Crippen LogP contribution is 2.40. The molecule has 0 spiro atoms. The Bertz CT molecular complexity index is 898. The molecule has 2 aliphatic rings. The van der Waals surface area contributed by atoms with Gasteiger partial charge in [0, 0.05) is 0 Å². The summed E-state index contributed by atoms with van der Waals surface area (Å²) in [5.74, 6) is -0.857. The fourth-order valence-corrected chi connectivity index (χ4v) is 4.11. The average molecular weight is 367 g/mol. The van der Waals surface area contributed by atoms with Crippen molar-refractivity contribution in [3.05, 3.63) is 58.3 Å². The Hall–Kier alpha value is -2.73. The number of carbonyl (C=O) groups is 3. The topological polar surface area (TPSA) is 63.7 Å². The molecule has 1 aliphatic carbocycles. The first kappa shape index (κ1) is 16.7. The summed E-state index contributed by atoms with van der Waals surface area (Å²) in [6, 6.07) is 9.97. The van der Waals surface area contributed by atoms with E-state index >= 15 is 0 Å². The number of ether oxygens (including phenoxy) is 1. The summed E-state index contributed by atoms with van der Waals surface area (Å²) in [5, 5.41) is 1.81. The Morgan fingerprint density at radius 3 is 2.54 bits per heavy atom. The van der Waals surface area contributed by atoms with Crippen molar-refractivity contribution >= 4 is 34.8 Å². The van der Waals surface area contributed by atoms with Gasteiger partial charge in [0.15, 0.2) is 0 Å². The molecule has 2 amide bonds. The Balaban J connectivity index is 1.51. The second-order valence-corrected chi connectivity index (χ2v) is 7.52. The number of imide groups is 1. The molecule has 1 aromatic heterocycles. The molecule has 1 aliphatic heterocycles. The van der Waals surface area contributed by atoms with Crippen molar-refractivity contribution in [2.75, 3.05) is 4.90 Å². The third-order valence-electron chi connectivity index (χ3n) is 4.85. The van der Waals surface area contributed by atoms with Crippen LogP contribution < -0.4 is 9.64 Å². The number of carbonyl (C=O) groups excluding carboxylic acids is 3. The zero-order valence-corrected chi connectivity index (χ0v) is 15.0. The number of rotatable bonds is 3. The highest BCUT2D eigenvalue weighted by Gasteiger charge is 2.48. The van der Waals surface area contributed by atoms with Gasteiger partial charge in [0.05, 0.1) is 17.5 Å². The summed E-state index contributed by atoms with van der Waals surface area (Å²) in [7, 11) is 0. The van der Waals surface area contributed by atoms with Crippen molar-refractivity contribution in [2.24, 2.45) is 11.8 Å². The van der Waals surface area contributed by atoms with Crippen LogP contribution in [0.1, 0.15) is 29.4 Å². The summed E-state index contributed by atoms with van der Waals surface area (Å²) in [4.78, 5) is 39.2. The molecule has 2 aromatic rings. The smallest absolute Gasteiger partial charge is 0.353 e. The molecule has 2 atom stereocenters. The van der Waals surface area contributed by atoms with E-state index in [9.17, 15) is 14.4 Å². The van der Waals surface area contributed by atoms with E-state index in [-0.39, 0.29) is 23.7 Å². The molecule has 0 saturated carbocycles. The van der Waals surface area contributed by atoms with Crippen LogP contribution >= 0.6 is 11.3 Å². The van der Waals surface area contributed by atoms with Crippen LogP contribution in [0.3, 0.4) is 0 Å². The van der Waals surface area contributed by atoms with Crippen LogP contribution in [0.15, 0.2) is 53.4 Å². The maximum absolute atomic E-state index is 12.7. The number of hydrogen-bond acceptors (Lipinski definition) is 5. The molecule has 0 bridgehead atoms. The van der Waals surface area contributed by atoms with Crippen LogP contribution in [0.4, 0.5) is 5.69 Å². The van der Waals surface area contributed by atoms with Crippen LogP contribution in [0, 0.1) is 11.8 Å². The van der Waals surface area contributed by atoms with Crippen LogP contribution in [-0.4, -0.2) is 17.8 Å². The molecule has 0 N–H and O–H groups in total. The van der Waals surface area contributed by atoms with Crippen LogP contribution in [-0.2, 0) is 9.59 Å². The van der Waals surface area contributed by atoms with Gasteiger partial charge in [0.2, 0.25) is 11.8 Å². The van der Waals surface area contributed by atoms with Crippen LogP contribution in [0.25, 0.3) is 0 Å². The van der Waals surface area contributed by atoms with Gasteiger partial charge in [-0.25, -0.2) is 4.79 Å². The lowest BCUT2D eigenvalue weighted by molar-refractivity contribution is -0.122. The Morgan fingerprint density at radius 2 is 1.85 bits per heavy atom. The third-order valence-corrected chi connectivity index (χ3v) is 5.70. The Labute approximate surface area is 154 Å². The molecule has 2 heterocycles. The van der Waals surface area contributed by atoms with Gasteiger partial charge in [0.25, 0.3) is 0 Å². The Morgan fingerprint density at radius 1 is 1.12 bits per heavy atom. The first-order valence-corrected chi connectivity index (χ1v) is 9.32. The lowest BCUT2D eigenvalue weighted by Crippen LogP contribution is -2.30. The van der Waals surface area contributed by atoms with Gasteiger partial charge in [-0.1, -0.05) is 17.7 Å². The van der Waals surface area contributed by atoms with Crippen LogP contribution in [0.2, 0.25) is 0 Å². The zero-order chi connectivity index (χ0) is 18.3. The van der Waals surface area contributed by atoms with Crippen molar-refractivity contribution in [3.63, 3.8) is 0 Å². The standard InChI is InChI=1S/C20H17NO4S/c1-12-4-9-15-16(11-12)19(23)21(18(15)22)13-5-7-14(8-6-13)25-20(24)17-3-2-10-26-17/h2-8,10,15-16H,9,11H2,1H3/t15-,16-/m0/s1. The van der Waals surface area contributed by atoms with E-state index in [4.69, 9.17) is 4.74 Å². The van der Waals surface area contributed by atoms with Crippen molar-refractivity contribution < 1.29 is 19.1 Å². The zero-order valence-electron chi connectivity index (χ0n) is 14.2. The lowest BCUT2D eigenvalue weighted by atomic mass is 9.82. The monoisotopic (exact) mass is 367 g/mol. The first-order valence-electron chi connectivity index (χ1n) is 8.44. The number of anilines is 1. The van der Waals surface area contributed by atoms with Crippen LogP contribution in [0.5, 0.6) is 5.75 Å². The van der Waals surface area contributed by atoms with Gasteiger partial charge in [-0.2, -0.15) is 0 Å². The first-order chi connectivity index (χ1) is 12.5. The molecule has 5 nitrogen and oxygen atoms in total.